The van der Waals surface area contributed by atoms with E-state index in [2.05, 4.69) is 0 Å². The molecule has 1 fully saturated rings. The quantitative estimate of drug-likeness (QED) is 0.368. The molecule has 0 radical (unpaired) electrons. The summed E-state index contributed by atoms with van der Waals surface area (Å²) >= 11 is 6.04. The van der Waals surface area contributed by atoms with Crippen LogP contribution in [0.4, 0.5) is 5.69 Å². The van der Waals surface area contributed by atoms with Crippen LogP contribution >= 0.6 is 11.6 Å². The van der Waals surface area contributed by atoms with Gasteiger partial charge in [0.15, 0.2) is 0 Å². The van der Waals surface area contributed by atoms with Crippen molar-refractivity contribution in [3.8, 4) is 0 Å². The molecule has 0 spiro atoms. The Kier molecular flexibility index (Phi) is 4.95. The predicted molar refractivity (Wildman–Crippen MR) is 114 cm³/mol. The Morgan fingerprint density at radius 3 is 2.28 bits per heavy atom. The van der Waals surface area contributed by atoms with E-state index in [1.807, 2.05) is 31.2 Å². The van der Waals surface area contributed by atoms with Crippen LogP contribution in [0.1, 0.15) is 22.7 Å². The molecule has 0 aromatic heterocycles. The molecule has 4 nitrogen and oxygen atoms in total. The van der Waals surface area contributed by atoms with Gasteiger partial charge in [0.2, 0.25) is 0 Å². The minimum absolute atomic E-state index is 0.0602. The number of aryl methyl sites for hydroxylation is 1. The average molecular weight is 404 g/mol. The number of nitrogens with zero attached hydrogens (tertiary/aromatic N) is 1. The van der Waals surface area contributed by atoms with Crippen LogP contribution in [-0.2, 0) is 9.59 Å². The van der Waals surface area contributed by atoms with Crippen molar-refractivity contribution in [1.29, 1.82) is 0 Å². The van der Waals surface area contributed by atoms with E-state index in [9.17, 15) is 14.7 Å². The zero-order chi connectivity index (χ0) is 20.5. The number of hydrogen-bond donors (Lipinski definition) is 1. The zero-order valence-electron chi connectivity index (χ0n) is 15.7. The highest BCUT2D eigenvalue weighted by molar-refractivity contribution is 6.51. The monoisotopic (exact) mass is 403 g/mol. The lowest BCUT2D eigenvalue weighted by molar-refractivity contribution is -0.132. The molecular formula is C24H18ClNO3. The highest BCUT2D eigenvalue weighted by Crippen LogP contribution is 2.42. The van der Waals surface area contributed by atoms with Gasteiger partial charge in [-0.15, -0.1) is 0 Å². The third-order valence-corrected chi connectivity index (χ3v) is 5.21. The summed E-state index contributed by atoms with van der Waals surface area (Å²) in [5, 5.41) is 11.5. The van der Waals surface area contributed by atoms with Gasteiger partial charge < -0.3 is 5.11 Å². The van der Waals surface area contributed by atoms with Crippen molar-refractivity contribution in [2.24, 2.45) is 0 Å². The van der Waals surface area contributed by atoms with Gasteiger partial charge in [0.1, 0.15) is 5.76 Å². The molecule has 1 aliphatic heterocycles. The highest BCUT2D eigenvalue weighted by atomic mass is 35.5. The van der Waals surface area contributed by atoms with E-state index >= 15 is 0 Å². The van der Waals surface area contributed by atoms with Gasteiger partial charge in [0.05, 0.1) is 11.6 Å². The minimum Gasteiger partial charge on any atom is -0.507 e. The number of carbonyl (C=O) groups is 2. The van der Waals surface area contributed by atoms with Gasteiger partial charge in [-0.1, -0.05) is 66.2 Å². The number of rotatable bonds is 3. The zero-order valence-corrected chi connectivity index (χ0v) is 16.4. The lowest BCUT2D eigenvalue weighted by Gasteiger charge is -2.25. The molecule has 1 aliphatic rings. The number of halogens is 1. The van der Waals surface area contributed by atoms with Gasteiger partial charge >= 0.3 is 0 Å². The van der Waals surface area contributed by atoms with Crippen LogP contribution in [0.25, 0.3) is 5.76 Å². The van der Waals surface area contributed by atoms with Crippen molar-refractivity contribution in [3.05, 3.63) is 106 Å². The fourth-order valence-electron chi connectivity index (χ4n) is 3.59. The smallest absolute Gasteiger partial charge is 0.300 e. The summed E-state index contributed by atoms with van der Waals surface area (Å²) in [4.78, 5) is 27.5. The molecule has 0 bridgehead atoms. The normalized spacial score (nSPS) is 18.3. The molecule has 1 atom stereocenters. The second kappa shape index (κ2) is 7.57. The lowest BCUT2D eigenvalue weighted by atomic mass is 9.95. The van der Waals surface area contributed by atoms with Crippen LogP contribution in [0.3, 0.4) is 0 Å². The van der Waals surface area contributed by atoms with Crippen LogP contribution in [0, 0.1) is 6.92 Å². The predicted octanol–water partition coefficient (Wildman–Crippen LogP) is 5.27. The molecule has 1 amide bonds. The number of Topliss-reactive ketones (excluding diaryl/α,β-unsaturated/α-hetero) is 1. The van der Waals surface area contributed by atoms with Gasteiger partial charge in [-0.05, 0) is 42.3 Å². The number of hydrogen-bond acceptors (Lipinski definition) is 3. The number of benzene rings is 3. The molecule has 29 heavy (non-hydrogen) atoms. The maximum absolute atomic E-state index is 13.0. The van der Waals surface area contributed by atoms with Crippen molar-refractivity contribution in [1.82, 2.24) is 0 Å². The first-order valence-electron chi connectivity index (χ1n) is 9.16. The Balaban J connectivity index is 1.96. The SMILES string of the molecule is Cc1cccc(N2C(=O)C(=O)C(=C(O)c3ccccc3)[C@H]2c2ccc(Cl)cc2)c1. The molecule has 0 saturated carbocycles. The number of anilines is 1. The van der Waals surface area contributed by atoms with E-state index in [1.54, 1.807) is 54.6 Å². The molecule has 1 N–H and O–H groups in total. The first kappa shape index (κ1) is 19.0. The van der Waals surface area contributed by atoms with Crippen LogP contribution in [0.5, 0.6) is 0 Å². The molecule has 3 aromatic carbocycles. The Hall–Kier alpha value is -3.37. The number of aliphatic hydroxyl groups is 1. The third-order valence-electron chi connectivity index (χ3n) is 4.96. The second-order valence-corrected chi connectivity index (χ2v) is 7.36. The van der Waals surface area contributed by atoms with Crippen molar-refractivity contribution in [2.75, 3.05) is 4.90 Å². The summed E-state index contributed by atoms with van der Waals surface area (Å²) in [5.74, 6) is -1.58. The van der Waals surface area contributed by atoms with E-state index < -0.39 is 17.7 Å². The topological polar surface area (TPSA) is 57.6 Å². The van der Waals surface area contributed by atoms with E-state index in [1.165, 1.54) is 4.90 Å². The summed E-state index contributed by atoms with van der Waals surface area (Å²) in [6, 6.07) is 22.3. The van der Waals surface area contributed by atoms with Gasteiger partial charge in [0, 0.05) is 16.3 Å². The molecular weight excluding hydrogens is 386 g/mol. The van der Waals surface area contributed by atoms with E-state index in [-0.39, 0.29) is 11.3 Å². The maximum atomic E-state index is 13.0. The first-order valence-corrected chi connectivity index (χ1v) is 9.53. The molecule has 1 heterocycles. The summed E-state index contributed by atoms with van der Waals surface area (Å²) in [5.41, 5.74) is 2.78. The molecule has 144 valence electrons. The Morgan fingerprint density at radius 2 is 1.62 bits per heavy atom. The fraction of sp³-hybridized carbons (Fsp3) is 0.0833. The van der Waals surface area contributed by atoms with Crippen LogP contribution in [0.2, 0.25) is 5.02 Å². The van der Waals surface area contributed by atoms with Crippen molar-refractivity contribution in [3.63, 3.8) is 0 Å². The molecule has 0 unspecified atom stereocenters. The largest absolute Gasteiger partial charge is 0.507 e. The number of amides is 1. The molecule has 3 aromatic rings. The second-order valence-electron chi connectivity index (χ2n) is 6.93. The average Bonchev–Trinajstić information content (AvgIpc) is 2.99. The lowest BCUT2D eigenvalue weighted by Crippen LogP contribution is -2.29. The standard InChI is InChI=1S/C24H18ClNO3/c1-15-6-5-9-19(14-15)26-21(16-10-12-18(25)13-11-16)20(23(28)24(26)29)22(27)17-7-3-2-4-8-17/h2-14,21,27H,1H3/t21-/m1/s1. The van der Waals surface area contributed by atoms with Gasteiger partial charge in [-0.2, -0.15) is 0 Å². The maximum Gasteiger partial charge on any atom is 0.300 e. The fourth-order valence-corrected chi connectivity index (χ4v) is 3.71. The van der Waals surface area contributed by atoms with E-state index in [0.29, 0.717) is 21.8 Å². The number of carbonyl (C=O) groups excluding carboxylic acids is 2. The van der Waals surface area contributed by atoms with Crippen molar-refractivity contribution < 1.29 is 14.7 Å². The minimum atomic E-state index is -0.755. The third kappa shape index (κ3) is 3.43. The van der Waals surface area contributed by atoms with Gasteiger partial charge in [-0.3, -0.25) is 14.5 Å². The summed E-state index contributed by atoms with van der Waals surface area (Å²) < 4.78 is 0. The van der Waals surface area contributed by atoms with E-state index in [0.717, 1.165) is 5.56 Å². The summed E-state index contributed by atoms with van der Waals surface area (Å²) in [6.07, 6.45) is 0. The van der Waals surface area contributed by atoms with Gasteiger partial charge in [0.25, 0.3) is 11.7 Å². The Morgan fingerprint density at radius 1 is 0.931 bits per heavy atom. The Labute approximate surface area is 173 Å². The van der Waals surface area contributed by atoms with Crippen LogP contribution < -0.4 is 4.90 Å². The van der Waals surface area contributed by atoms with E-state index in [4.69, 9.17) is 11.6 Å². The van der Waals surface area contributed by atoms with Crippen LogP contribution in [-0.4, -0.2) is 16.8 Å². The van der Waals surface area contributed by atoms with Crippen molar-refractivity contribution >= 4 is 34.7 Å². The molecule has 1 saturated heterocycles. The van der Waals surface area contributed by atoms with Crippen molar-refractivity contribution in [2.45, 2.75) is 13.0 Å². The molecule has 5 heteroatoms. The Bertz CT molecular complexity index is 1120. The first-order chi connectivity index (χ1) is 14.0. The summed E-state index contributed by atoms with van der Waals surface area (Å²) in [6.45, 7) is 1.92. The van der Waals surface area contributed by atoms with Gasteiger partial charge in [-0.25, -0.2) is 0 Å². The summed E-state index contributed by atoms with van der Waals surface area (Å²) in [7, 11) is 0. The molecule has 0 aliphatic carbocycles. The number of ketones is 1. The van der Waals surface area contributed by atoms with Crippen LogP contribution in [0.15, 0.2) is 84.4 Å². The molecule has 4 rings (SSSR count). The highest BCUT2D eigenvalue weighted by Gasteiger charge is 2.46. The number of aliphatic hydroxyl groups excluding tert-OH is 1.